The van der Waals surface area contributed by atoms with Gasteiger partial charge in [-0.15, -0.1) is 0 Å². The van der Waals surface area contributed by atoms with Gasteiger partial charge in [-0.3, -0.25) is 0 Å². The minimum atomic E-state index is 0.650. The third-order valence-corrected chi connectivity index (χ3v) is 8.04. The molecule has 2 fully saturated rings. The number of aryl methyl sites for hydroxylation is 3. The Labute approximate surface area is 136 Å². The topological polar surface area (TPSA) is 0 Å². The molecule has 0 amide bonds. The van der Waals surface area contributed by atoms with Gasteiger partial charge in [0, 0.05) is 0 Å². The quantitative estimate of drug-likeness (QED) is 0.592. The number of rotatable bonds is 1. The summed E-state index contributed by atoms with van der Waals surface area (Å²) in [5.74, 6) is 3.80. The Morgan fingerprint density at radius 1 is 1.14 bits per heavy atom. The standard InChI is InChI=1S/C22H32/c1-5-16-13-20-17(12-14(16)2)7-8-19-18(20)10-11-22(4)15(3)6-9-21(19)22/h12-13,15,18-19,21H,5-11H2,1-4H3/t15-,18?,19?,21?,22?/m0/s1. The highest BCUT2D eigenvalue weighted by Gasteiger charge is 2.53. The summed E-state index contributed by atoms with van der Waals surface area (Å²) in [6.07, 6.45) is 9.87. The molecule has 0 aromatic heterocycles. The summed E-state index contributed by atoms with van der Waals surface area (Å²) in [4.78, 5) is 0. The second-order valence-corrected chi connectivity index (χ2v) is 8.77. The molecule has 22 heavy (non-hydrogen) atoms. The van der Waals surface area contributed by atoms with E-state index in [1.807, 2.05) is 0 Å². The second-order valence-electron chi connectivity index (χ2n) is 8.77. The van der Waals surface area contributed by atoms with Crippen LogP contribution in [0.15, 0.2) is 12.1 Å². The first-order chi connectivity index (χ1) is 10.5. The van der Waals surface area contributed by atoms with Gasteiger partial charge in [0.05, 0.1) is 0 Å². The minimum Gasteiger partial charge on any atom is -0.0620 e. The van der Waals surface area contributed by atoms with E-state index in [-0.39, 0.29) is 0 Å². The molecule has 3 aliphatic rings. The van der Waals surface area contributed by atoms with E-state index in [0.717, 1.165) is 23.7 Å². The largest absolute Gasteiger partial charge is 0.0620 e. The lowest BCUT2D eigenvalue weighted by molar-refractivity contribution is 0.0336. The van der Waals surface area contributed by atoms with E-state index < -0.39 is 0 Å². The van der Waals surface area contributed by atoms with Crippen LogP contribution in [0.25, 0.3) is 0 Å². The summed E-state index contributed by atoms with van der Waals surface area (Å²) >= 11 is 0. The van der Waals surface area contributed by atoms with Crippen molar-refractivity contribution < 1.29 is 0 Å². The average Bonchev–Trinajstić information content (AvgIpc) is 2.82. The molecule has 0 N–H and O–H groups in total. The van der Waals surface area contributed by atoms with E-state index in [2.05, 4.69) is 39.8 Å². The first-order valence-corrected chi connectivity index (χ1v) is 9.67. The summed E-state index contributed by atoms with van der Waals surface area (Å²) in [5.41, 5.74) is 7.20. The molecule has 0 bridgehead atoms. The van der Waals surface area contributed by atoms with Gasteiger partial charge >= 0.3 is 0 Å². The van der Waals surface area contributed by atoms with E-state index in [0.29, 0.717) is 5.41 Å². The molecule has 5 atom stereocenters. The highest BCUT2D eigenvalue weighted by atomic mass is 14.6. The van der Waals surface area contributed by atoms with E-state index in [9.17, 15) is 0 Å². The Hall–Kier alpha value is -0.780. The molecule has 4 unspecified atom stereocenters. The van der Waals surface area contributed by atoms with Gasteiger partial charge in [0.15, 0.2) is 0 Å². The molecule has 0 heteroatoms. The zero-order valence-electron chi connectivity index (χ0n) is 14.9. The maximum absolute atomic E-state index is 2.62. The SMILES string of the molecule is CCc1cc2c(cc1C)CCC1C2CCC2(C)C1CC[C@@H]2C. The molecule has 1 aromatic carbocycles. The Morgan fingerprint density at radius 3 is 2.73 bits per heavy atom. The Morgan fingerprint density at radius 2 is 1.95 bits per heavy atom. The molecule has 1 aromatic rings. The van der Waals surface area contributed by atoms with Crippen LogP contribution >= 0.6 is 0 Å². The van der Waals surface area contributed by atoms with Crippen molar-refractivity contribution in [1.29, 1.82) is 0 Å². The van der Waals surface area contributed by atoms with E-state index >= 15 is 0 Å². The van der Waals surface area contributed by atoms with Crippen molar-refractivity contribution in [1.82, 2.24) is 0 Å². The van der Waals surface area contributed by atoms with Crippen molar-refractivity contribution in [2.24, 2.45) is 23.2 Å². The van der Waals surface area contributed by atoms with Crippen LogP contribution in [0.4, 0.5) is 0 Å². The zero-order valence-corrected chi connectivity index (χ0v) is 14.9. The molecule has 0 heterocycles. The lowest BCUT2D eigenvalue weighted by Gasteiger charge is -2.50. The molecule has 0 radical (unpaired) electrons. The summed E-state index contributed by atoms with van der Waals surface area (Å²) in [7, 11) is 0. The van der Waals surface area contributed by atoms with Crippen LogP contribution in [0.2, 0.25) is 0 Å². The summed E-state index contributed by atoms with van der Waals surface area (Å²) in [6, 6.07) is 5.12. The third-order valence-electron chi connectivity index (χ3n) is 8.04. The number of hydrogen-bond donors (Lipinski definition) is 0. The fraction of sp³-hybridized carbons (Fsp3) is 0.727. The molecule has 0 nitrogen and oxygen atoms in total. The molecule has 2 saturated carbocycles. The second kappa shape index (κ2) is 5.11. The van der Waals surface area contributed by atoms with Gasteiger partial charge in [-0.05, 0) is 103 Å². The van der Waals surface area contributed by atoms with Crippen molar-refractivity contribution in [2.45, 2.75) is 78.6 Å². The third kappa shape index (κ3) is 1.95. The van der Waals surface area contributed by atoms with Crippen LogP contribution in [0.3, 0.4) is 0 Å². The molecule has 0 aliphatic heterocycles. The first kappa shape index (κ1) is 14.8. The molecular weight excluding hydrogens is 264 g/mol. The Balaban J connectivity index is 1.72. The summed E-state index contributed by atoms with van der Waals surface area (Å²) in [5, 5.41) is 0. The van der Waals surface area contributed by atoms with Crippen molar-refractivity contribution in [3.8, 4) is 0 Å². The Bertz CT molecular complexity index is 584. The highest BCUT2D eigenvalue weighted by molar-refractivity contribution is 5.42. The normalized spacial score (nSPS) is 40.0. The molecule has 3 aliphatic carbocycles. The van der Waals surface area contributed by atoms with Gasteiger partial charge in [-0.2, -0.15) is 0 Å². The molecule has 120 valence electrons. The van der Waals surface area contributed by atoms with Crippen LogP contribution in [0, 0.1) is 30.1 Å². The first-order valence-electron chi connectivity index (χ1n) is 9.67. The predicted octanol–water partition coefficient (Wildman–Crippen LogP) is 6.05. The van der Waals surface area contributed by atoms with E-state index in [4.69, 9.17) is 0 Å². The van der Waals surface area contributed by atoms with Gasteiger partial charge in [0.2, 0.25) is 0 Å². The van der Waals surface area contributed by atoms with Crippen LogP contribution in [0.1, 0.15) is 81.0 Å². The van der Waals surface area contributed by atoms with Crippen molar-refractivity contribution in [3.63, 3.8) is 0 Å². The summed E-state index contributed by atoms with van der Waals surface area (Å²) < 4.78 is 0. The maximum Gasteiger partial charge on any atom is -0.0128 e. The number of hydrogen-bond acceptors (Lipinski definition) is 0. The van der Waals surface area contributed by atoms with Gasteiger partial charge < -0.3 is 0 Å². The minimum absolute atomic E-state index is 0.650. The maximum atomic E-state index is 2.62. The van der Waals surface area contributed by atoms with Crippen molar-refractivity contribution >= 4 is 0 Å². The fourth-order valence-corrected chi connectivity index (χ4v) is 6.44. The highest BCUT2D eigenvalue weighted by Crippen LogP contribution is 2.62. The molecular formula is C22H32. The van der Waals surface area contributed by atoms with Crippen molar-refractivity contribution in [3.05, 3.63) is 34.4 Å². The van der Waals surface area contributed by atoms with Crippen LogP contribution in [0.5, 0.6) is 0 Å². The van der Waals surface area contributed by atoms with Gasteiger partial charge in [-0.1, -0.05) is 32.9 Å². The lowest BCUT2D eigenvalue weighted by Crippen LogP contribution is -2.41. The number of fused-ring (bicyclic) bond motifs is 5. The predicted molar refractivity (Wildman–Crippen MR) is 94.3 cm³/mol. The molecule has 4 rings (SSSR count). The van der Waals surface area contributed by atoms with Gasteiger partial charge in [0.1, 0.15) is 0 Å². The van der Waals surface area contributed by atoms with Crippen LogP contribution in [-0.2, 0) is 12.8 Å². The van der Waals surface area contributed by atoms with Crippen LogP contribution < -0.4 is 0 Å². The van der Waals surface area contributed by atoms with E-state index in [1.165, 1.54) is 50.5 Å². The molecule has 0 saturated heterocycles. The van der Waals surface area contributed by atoms with Crippen molar-refractivity contribution in [2.75, 3.05) is 0 Å². The zero-order chi connectivity index (χ0) is 15.5. The fourth-order valence-electron chi connectivity index (χ4n) is 6.44. The van der Waals surface area contributed by atoms with Gasteiger partial charge in [-0.25, -0.2) is 0 Å². The van der Waals surface area contributed by atoms with E-state index in [1.54, 1.807) is 16.7 Å². The van der Waals surface area contributed by atoms with Crippen LogP contribution in [-0.4, -0.2) is 0 Å². The monoisotopic (exact) mass is 296 g/mol. The average molecular weight is 296 g/mol. The molecule has 0 spiro atoms. The number of benzene rings is 1. The Kier molecular flexibility index (Phi) is 3.44. The van der Waals surface area contributed by atoms with Gasteiger partial charge in [0.25, 0.3) is 0 Å². The summed E-state index contributed by atoms with van der Waals surface area (Å²) in [6.45, 7) is 9.76. The smallest absolute Gasteiger partial charge is 0.0128 e. The lowest BCUT2D eigenvalue weighted by atomic mass is 9.54.